The molecule has 1 aromatic carbocycles. The second-order valence-electron chi connectivity index (χ2n) is 3.06. The molecule has 1 aromatic rings. The van der Waals surface area contributed by atoms with E-state index in [1.54, 1.807) is 6.92 Å². The molecule has 0 saturated heterocycles. The Morgan fingerprint density at radius 3 is 2.53 bits per heavy atom. The minimum Gasteiger partial charge on any atom is -0.480 e. The van der Waals surface area contributed by atoms with E-state index in [4.69, 9.17) is 16.7 Å². The standard InChI is InChI=1S/C9H9ClO4S/c1-6-4-7(2-3-8(6)10)15(13,14)5-9(11)12/h2-4H,5H2,1H3,(H,11,12). The summed E-state index contributed by atoms with van der Waals surface area (Å²) in [6, 6.07) is 4.10. The van der Waals surface area contributed by atoms with Crippen molar-refractivity contribution in [2.45, 2.75) is 11.8 Å². The van der Waals surface area contributed by atoms with E-state index in [-0.39, 0.29) is 4.90 Å². The number of rotatable bonds is 3. The maximum absolute atomic E-state index is 11.5. The summed E-state index contributed by atoms with van der Waals surface area (Å²) >= 11 is 5.73. The van der Waals surface area contributed by atoms with Crippen LogP contribution in [0.3, 0.4) is 0 Å². The molecule has 82 valence electrons. The van der Waals surface area contributed by atoms with Crippen molar-refractivity contribution in [2.24, 2.45) is 0 Å². The van der Waals surface area contributed by atoms with Gasteiger partial charge in [-0.3, -0.25) is 4.79 Å². The largest absolute Gasteiger partial charge is 0.480 e. The number of hydrogen-bond donors (Lipinski definition) is 1. The van der Waals surface area contributed by atoms with Crippen molar-refractivity contribution in [1.82, 2.24) is 0 Å². The van der Waals surface area contributed by atoms with Gasteiger partial charge < -0.3 is 5.11 Å². The van der Waals surface area contributed by atoms with Crippen molar-refractivity contribution in [3.05, 3.63) is 28.8 Å². The van der Waals surface area contributed by atoms with Gasteiger partial charge in [-0.25, -0.2) is 8.42 Å². The van der Waals surface area contributed by atoms with Gasteiger partial charge in [0.15, 0.2) is 15.6 Å². The second-order valence-corrected chi connectivity index (χ2v) is 5.46. The lowest BCUT2D eigenvalue weighted by Crippen LogP contribution is -2.15. The maximum atomic E-state index is 11.5. The summed E-state index contributed by atoms with van der Waals surface area (Å²) in [6.07, 6.45) is 0. The number of sulfone groups is 1. The van der Waals surface area contributed by atoms with Gasteiger partial charge in [-0.2, -0.15) is 0 Å². The van der Waals surface area contributed by atoms with Crippen LogP contribution in [0.25, 0.3) is 0 Å². The molecule has 0 aliphatic rings. The molecule has 0 aliphatic heterocycles. The predicted molar refractivity (Wildman–Crippen MR) is 55.9 cm³/mol. The normalized spacial score (nSPS) is 11.3. The summed E-state index contributed by atoms with van der Waals surface area (Å²) in [5, 5.41) is 8.88. The smallest absolute Gasteiger partial charge is 0.319 e. The summed E-state index contributed by atoms with van der Waals surface area (Å²) in [6.45, 7) is 1.65. The van der Waals surface area contributed by atoms with Gasteiger partial charge in [0.05, 0.1) is 4.90 Å². The summed E-state index contributed by atoms with van der Waals surface area (Å²) in [5.74, 6) is -2.28. The van der Waals surface area contributed by atoms with E-state index in [1.165, 1.54) is 18.2 Å². The Kier molecular flexibility index (Phi) is 3.36. The molecule has 0 heterocycles. The quantitative estimate of drug-likeness (QED) is 0.880. The first kappa shape index (κ1) is 12.0. The molecule has 6 heteroatoms. The lowest BCUT2D eigenvalue weighted by Gasteiger charge is -2.03. The lowest BCUT2D eigenvalue weighted by molar-refractivity contribution is -0.134. The van der Waals surface area contributed by atoms with Gasteiger partial charge in [-0.15, -0.1) is 0 Å². The minimum absolute atomic E-state index is 0.0215. The molecule has 0 atom stereocenters. The topological polar surface area (TPSA) is 71.4 Å². The van der Waals surface area contributed by atoms with Crippen LogP contribution in [0.4, 0.5) is 0 Å². The van der Waals surface area contributed by atoms with Crippen LogP contribution in [0, 0.1) is 6.92 Å². The Morgan fingerprint density at radius 1 is 1.47 bits per heavy atom. The fourth-order valence-corrected chi connectivity index (χ4v) is 2.30. The van der Waals surface area contributed by atoms with Crippen molar-refractivity contribution in [1.29, 1.82) is 0 Å². The molecular formula is C9H9ClO4S. The van der Waals surface area contributed by atoms with E-state index in [0.29, 0.717) is 10.6 Å². The minimum atomic E-state index is -3.76. The van der Waals surface area contributed by atoms with E-state index in [0.717, 1.165) is 0 Å². The van der Waals surface area contributed by atoms with Gasteiger partial charge in [0.25, 0.3) is 0 Å². The van der Waals surface area contributed by atoms with Crippen LogP contribution in [0.1, 0.15) is 5.56 Å². The fourth-order valence-electron chi connectivity index (χ4n) is 1.06. The molecule has 0 unspecified atom stereocenters. The highest BCUT2D eigenvalue weighted by molar-refractivity contribution is 7.92. The zero-order valence-electron chi connectivity index (χ0n) is 7.90. The van der Waals surface area contributed by atoms with Gasteiger partial charge in [0.1, 0.15) is 0 Å². The summed E-state index contributed by atoms with van der Waals surface area (Å²) in [5.41, 5.74) is 0.600. The fraction of sp³-hybridized carbons (Fsp3) is 0.222. The van der Waals surface area contributed by atoms with Gasteiger partial charge in [-0.1, -0.05) is 11.6 Å². The monoisotopic (exact) mass is 248 g/mol. The Balaban J connectivity index is 3.17. The van der Waals surface area contributed by atoms with E-state index in [1.807, 2.05) is 0 Å². The van der Waals surface area contributed by atoms with E-state index in [9.17, 15) is 13.2 Å². The third kappa shape index (κ3) is 2.94. The van der Waals surface area contributed by atoms with Crippen LogP contribution < -0.4 is 0 Å². The number of halogens is 1. The van der Waals surface area contributed by atoms with Gasteiger partial charge in [-0.05, 0) is 30.7 Å². The van der Waals surface area contributed by atoms with Gasteiger partial charge >= 0.3 is 5.97 Å². The van der Waals surface area contributed by atoms with Crippen LogP contribution in [-0.2, 0) is 14.6 Å². The highest BCUT2D eigenvalue weighted by Crippen LogP contribution is 2.20. The Bertz CT molecular complexity index is 493. The van der Waals surface area contributed by atoms with E-state index >= 15 is 0 Å². The number of hydrogen-bond acceptors (Lipinski definition) is 3. The molecule has 1 rings (SSSR count). The lowest BCUT2D eigenvalue weighted by atomic mass is 10.2. The zero-order valence-corrected chi connectivity index (χ0v) is 9.47. The molecule has 0 aliphatic carbocycles. The number of carbonyl (C=O) groups is 1. The average molecular weight is 249 g/mol. The maximum Gasteiger partial charge on any atom is 0.319 e. The second kappa shape index (κ2) is 4.20. The Hall–Kier alpha value is -1.07. The molecule has 0 saturated carbocycles. The van der Waals surface area contributed by atoms with Gasteiger partial charge in [0, 0.05) is 5.02 Å². The van der Waals surface area contributed by atoms with Crippen LogP contribution in [0.15, 0.2) is 23.1 Å². The molecule has 15 heavy (non-hydrogen) atoms. The Labute approximate surface area is 92.4 Å². The van der Waals surface area contributed by atoms with Crippen molar-refractivity contribution < 1.29 is 18.3 Å². The van der Waals surface area contributed by atoms with E-state index in [2.05, 4.69) is 0 Å². The SMILES string of the molecule is Cc1cc(S(=O)(=O)CC(=O)O)ccc1Cl. The molecule has 0 spiro atoms. The molecule has 1 N–H and O–H groups in total. The molecule has 4 nitrogen and oxygen atoms in total. The zero-order chi connectivity index (χ0) is 11.6. The first-order valence-corrected chi connectivity index (χ1v) is 6.06. The number of aryl methyl sites for hydroxylation is 1. The number of carboxylic acid groups (broad SMARTS) is 1. The molecule has 0 aromatic heterocycles. The summed E-state index contributed by atoms with van der Waals surface area (Å²) < 4.78 is 23.0. The molecule has 0 radical (unpaired) electrons. The molecule has 0 amide bonds. The highest BCUT2D eigenvalue weighted by atomic mass is 35.5. The van der Waals surface area contributed by atoms with Gasteiger partial charge in [0.2, 0.25) is 0 Å². The third-order valence-corrected chi connectivity index (χ3v) is 3.83. The molecular weight excluding hydrogens is 240 g/mol. The third-order valence-electron chi connectivity index (χ3n) is 1.80. The highest BCUT2D eigenvalue weighted by Gasteiger charge is 2.19. The molecule has 0 bridgehead atoms. The first-order valence-electron chi connectivity index (χ1n) is 4.03. The summed E-state index contributed by atoms with van der Waals surface area (Å²) in [7, 11) is -3.76. The Morgan fingerprint density at radius 2 is 2.07 bits per heavy atom. The van der Waals surface area contributed by atoms with Crippen molar-refractivity contribution >= 4 is 27.4 Å². The van der Waals surface area contributed by atoms with Crippen LogP contribution in [0.5, 0.6) is 0 Å². The predicted octanol–water partition coefficient (Wildman–Crippen LogP) is 1.51. The first-order chi connectivity index (χ1) is 6.83. The number of benzene rings is 1. The van der Waals surface area contributed by atoms with Crippen LogP contribution >= 0.6 is 11.6 Å². The van der Waals surface area contributed by atoms with Crippen molar-refractivity contribution in [3.8, 4) is 0 Å². The molecule has 0 fully saturated rings. The van der Waals surface area contributed by atoms with Crippen LogP contribution in [-0.4, -0.2) is 25.2 Å². The average Bonchev–Trinajstić information content (AvgIpc) is 2.07. The van der Waals surface area contributed by atoms with Crippen molar-refractivity contribution in [2.75, 3.05) is 5.75 Å². The van der Waals surface area contributed by atoms with Crippen molar-refractivity contribution in [3.63, 3.8) is 0 Å². The van der Waals surface area contributed by atoms with Crippen LogP contribution in [0.2, 0.25) is 5.02 Å². The summed E-state index contributed by atoms with van der Waals surface area (Å²) in [4.78, 5) is 10.3. The number of aliphatic carboxylic acids is 1. The van der Waals surface area contributed by atoms with E-state index < -0.39 is 21.6 Å². The number of carboxylic acids is 1.